The number of rotatable bonds is 1. The average Bonchev–Trinajstić information content (AvgIpc) is 2.96. The molecule has 3 heteroatoms. The van der Waals surface area contributed by atoms with Crippen LogP contribution in [0.15, 0.2) is 23.1 Å². The maximum Gasteiger partial charge on any atom is 0.143 e. The largest absolute Gasteiger partial charge is 0.495 e. The molecule has 1 aliphatic heterocycles. The van der Waals surface area contributed by atoms with Crippen LogP contribution in [0.1, 0.15) is 12.8 Å². The highest BCUT2D eigenvalue weighted by molar-refractivity contribution is 8.01. The molecule has 2 nitrogen and oxygen atoms in total. The quantitative estimate of drug-likeness (QED) is 0.765. The van der Waals surface area contributed by atoms with Gasteiger partial charge in [-0.2, -0.15) is 0 Å². The lowest BCUT2D eigenvalue weighted by atomic mass is 10.2. The van der Waals surface area contributed by atoms with Gasteiger partial charge in [-0.3, -0.25) is 0 Å². The van der Waals surface area contributed by atoms with Crippen molar-refractivity contribution < 1.29 is 4.74 Å². The van der Waals surface area contributed by atoms with Gasteiger partial charge in [-0.15, -0.1) is 11.8 Å². The summed E-state index contributed by atoms with van der Waals surface area (Å²) in [5.41, 5.74) is 1.18. The minimum Gasteiger partial charge on any atom is -0.495 e. The van der Waals surface area contributed by atoms with Crippen LogP contribution < -0.4 is 10.1 Å². The van der Waals surface area contributed by atoms with Crippen molar-refractivity contribution in [3.8, 4) is 5.75 Å². The second-order valence-electron chi connectivity index (χ2n) is 3.97. The van der Waals surface area contributed by atoms with E-state index in [0.29, 0.717) is 4.75 Å². The number of para-hydroxylation sites is 1. The lowest BCUT2D eigenvalue weighted by Gasteiger charge is -2.26. The molecule has 1 spiro atoms. The summed E-state index contributed by atoms with van der Waals surface area (Å²) in [7, 11) is 1.73. The van der Waals surface area contributed by atoms with Gasteiger partial charge in [-0.1, -0.05) is 6.07 Å². The highest BCUT2D eigenvalue weighted by Crippen LogP contribution is 2.57. The molecule has 14 heavy (non-hydrogen) atoms. The molecular formula is C11H13NOS. The van der Waals surface area contributed by atoms with E-state index in [1.165, 1.54) is 23.4 Å². The molecule has 74 valence electrons. The summed E-state index contributed by atoms with van der Waals surface area (Å²) in [5.74, 6) is 0.963. The predicted octanol–water partition coefficient (Wildman–Crippen LogP) is 2.75. The van der Waals surface area contributed by atoms with Crippen molar-refractivity contribution in [2.75, 3.05) is 19.0 Å². The summed E-state index contributed by atoms with van der Waals surface area (Å²) >= 11 is 2.01. The van der Waals surface area contributed by atoms with E-state index in [1.54, 1.807) is 7.11 Å². The van der Waals surface area contributed by atoms with Crippen molar-refractivity contribution >= 4 is 17.4 Å². The zero-order chi connectivity index (χ0) is 9.60. The number of benzene rings is 1. The Morgan fingerprint density at radius 1 is 1.43 bits per heavy atom. The second kappa shape index (κ2) is 2.83. The lowest BCUT2D eigenvalue weighted by molar-refractivity contribution is 0.415. The van der Waals surface area contributed by atoms with Gasteiger partial charge in [0, 0.05) is 16.2 Å². The summed E-state index contributed by atoms with van der Waals surface area (Å²) in [6.07, 6.45) is 2.70. The van der Waals surface area contributed by atoms with Crippen molar-refractivity contribution in [3.63, 3.8) is 0 Å². The fourth-order valence-corrected chi connectivity index (χ4v) is 3.22. The molecule has 0 aromatic heterocycles. The molecule has 0 bridgehead atoms. The Morgan fingerprint density at radius 2 is 2.29 bits per heavy atom. The minimum atomic E-state index is 0.513. The molecule has 1 aliphatic carbocycles. The van der Waals surface area contributed by atoms with Crippen molar-refractivity contribution in [2.24, 2.45) is 0 Å². The summed E-state index contributed by atoms with van der Waals surface area (Å²) in [6.45, 7) is 1.09. The van der Waals surface area contributed by atoms with Gasteiger partial charge in [0.05, 0.1) is 12.8 Å². The van der Waals surface area contributed by atoms with Gasteiger partial charge in [0.2, 0.25) is 0 Å². The molecule has 1 heterocycles. The van der Waals surface area contributed by atoms with Crippen LogP contribution in [0.5, 0.6) is 5.75 Å². The number of nitrogens with one attached hydrogen (secondary N) is 1. The fourth-order valence-electron chi connectivity index (χ4n) is 1.88. The first-order valence-corrected chi connectivity index (χ1v) is 5.75. The Balaban J connectivity index is 2.01. The van der Waals surface area contributed by atoms with Gasteiger partial charge < -0.3 is 10.1 Å². The third-order valence-corrected chi connectivity index (χ3v) is 4.48. The van der Waals surface area contributed by atoms with E-state index < -0.39 is 0 Å². The Bertz CT molecular complexity index is 374. The van der Waals surface area contributed by atoms with Crippen LogP contribution >= 0.6 is 11.8 Å². The molecule has 0 atom stereocenters. The van der Waals surface area contributed by atoms with E-state index in [9.17, 15) is 0 Å². The van der Waals surface area contributed by atoms with Gasteiger partial charge in [0.25, 0.3) is 0 Å². The SMILES string of the molecule is COc1cccc2c1NCC1(CC1)S2. The summed E-state index contributed by atoms with van der Waals surface area (Å²) < 4.78 is 5.84. The third-order valence-electron chi connectivity index (χ3n) is 2.93. The molecule has 3 rings (SSSR count). The van der Waals surface area contributed by atoms with E-state index in [4.69, 9.17) is 4.74 Å². The Kier molecular flexibility index (Phi) is 1.71. The Labute approximate surface area is 88.0 Å². The van der Waals surface area contributed by atoms with Gasteiger partial charge in [0.15, 0.2) is 0 Å². The molecule has 1 aromatic carbocycles. The second-order valence-corrected chi connectivity index (χ2v) is 5.48. The third kappa shape index (κ3) is 1.19. The van der Waals surface area contributed by atoms with E-state index in [-0.39, 0.29) is 0 Å². The fraction of sp³-hybridized carbons (Fsp3) is 0.455. The van der Waals surface area contributed by atoms with Crippen molar-refractivity contribution in [1.29, 1.82) is 0 Å². The van der Waals surface area contributed by atoms with E-state index in [1.807, 2.05) is 17.8 Å². The first kappa shape index (κ1) is 8.48. The van der Waals surface area contributed by atoms with Gasteiger partial charge in [0.1, 0.15) is 5.75 Å². The molecule has 1 aromatic rings. The van der Waals surface area contributed by atoms with Crippen LogP contribution in [0.25, 0.3) is 0 Å². The highest BCUT2D eigenvalue weighted by atomic mass is 32.2. The first-order valence-electron chi connectivity index (χ1n) is 4.93. The average molecular weight is 207 g/mol. The molecule has 1 saturated carbocycles. The Hall–Kier alpha value is -0.830. The van der Waals surface area contributed by atoms with E-state index >= 15 is 0 Å². The maximum atomic E-state index is 5.33. The van der Waals surface area contributed by atoms with E-state index in [0.717, 1.165) is 12.3 Å². The van der Waals surface area contributed by atoms with Crippen LogP contribution in [0.2, 0.25) is 0 Å². The van der Waals surface area contributed by atoms with Gasteiger partial charge in [-0.25, -0.2) is 0 Å². The minimum absolute atomic E-state index is 0.513. The molecule has 0 saturated heterocycles. The smallest absolute Gasteiger partial charge is 0.143 e. The molecule has 0 radical (unpaired) electrons. The van der Waals surface area contributed by atoms with Crippen LogP contribution in [0, 0.1) is 0 Å². The monoisotopic (exact) mass is 207 g/mol. The molecule has 1 fully saturated rings. The van der Waals surface area contributed by atoms with Crippen molar-refractivity contribution in [1.82, 2.24) is 0 Å². The summed E-state index contributed by atoms with van der Waals surface area (Å²) in [6, 6.07) is 6.25. The lowest BCUT2D eigenvalue weighted by Crippen LogP contribution is -2.22. The molecule has 2 aliphatic rings. The molecule has 0 unspecified atom stereocenters. The first-order chi connectivity index (χ1) is 6.83. The summed E-state index contributed by atoms with van der Waals surface area (Å²) in [4.78, 5) is 1.34. The van der Waals surface area contributed by atoms with Crippen LogP contribution in [-0.2, 0) is 0 Å². The van der Waals surface area contributed by atoms with Crippen LogP contribution in [0.4, 0.5) is 5.69 Å². The van der Waals surface area contributed by atoms with Gasteiger partial charge >= 0.3 is 0 Å². The Morgan fingerprint density at radius 3 is 3.00 bits per heavy atom. The van der Waals surface area contributed by atoms with Crippen molar-refractivity contribution in [2.45, 2.75) is 22.5 Å². The number of thioether (sulfide) groups is 1. The summed E-state index contributed by atoms with van der Waals surface area (Å²) in [5, 5.41) is 3.49. The number of hydrogen-bond donors (Lipinski definition) is 1. The number of fused-ring (bicyclic) bond motifs is 1. The molecule has 0 amide bonds. The normalized spacial score (nSPS) is 21.2. The zero-order valence-corrected chi connectivity index (χ0v) is 8.99. The molecule has 1 N–H and O–H groups in total. The van der Waals surface area contributed by atoms with Crippen LogP contribution in [0.3, 0.4) is 0 Å². The van der Waals surface area contributed by atoms with Crippen LogP contribution in [-0.4, -0.2) is 18.4 Å². The molecular weight excluding hydrogens is 194 g/mol. The number of anilines is 1. The highest BCUT2D eigenvalue weighted by Gasteiger charge is 2.46. The number of methoxy groups -OCH3 is 1. The topological polar surface area (TPSA) is 21.3 Å². The number of ether oxygens (including phenoxy) is 1. The number of hydrogen-bond acceptors (Lipinski definition) is 3. The van der Waals surface area contributed by atoms with Crippen molar-refractivity contribution in [3.05, 3.63) is 18.2 Å². The predicted molar refractivity (Wildman–Crippen MR) is 59.3 cm³/mol. The standard InChI is InChI=1S/C11H13NOS/c1-13-8-3-2-4-9-10(8)12-7-11(14-9)5-6-11/h2-4,12H,5-7H2,1H3. The van der Waals surface area contributed by atoms with Gasteiger partial charge in [-0.05, 0) is 25.0 Å². The maximum absolute atomic E-state index is 5.33. The zero-order valence-electron chi connectivity index (χ0n) is 8.17. The van der Waals surface area contributed by atoms with E-state index in [2.05, 4.69) is 17.4 Å².